The van der Waals surface area contributed by atoms with Crippen molar-refractivity contribution in [2.45, 2.75) is 13.0 Å². The Morgan fingerprint density at radius 3 is 2.88 bits per heavy atom. The summed E-state index contributed by atoms with van der Waals surface area (Å²) in [5, 5.41) is 12.4. The van der Waals surface area contributed by atoms with Crippen molar-refractivity contribution in [1.82, 2.24) is 0 Å². The fraction of sp³-hybridized carbons (Fsp3) is 0.364. The van der Waals surface area contributed by atoms with E-state index in [0.29, 0.717) is 28.8 Å². The van der Waals surface area contributed by atoms with Crippen molar-refractivity contribution < 1.29 is 14.6 Å². The molecular formula is C11H14BrNO3. The number of nitrogens with one attached hydrogen (secondary N) is 1. The molecule has 0 unspecified atom stereocenters. The lowest BCUT2D eigenvalue weighted by atomic mass is 10.2. The van der Waals surface area contributed by atoms with Gasteiger partial charge in [-0.2, -0.15) is 0 Å². The third kappa shape index (κ3) is 3.50. The van der Waals surface area contributed by atoms with Crippen LogP contribution < -0.4 is 10.1 Å². The van der Waals surface area contributed by atoms with E-state index >= 15 is 0 Å². The first-order valence-electron chi connectivity index (χ1n) is 4.85. The summed E-state index contributed by atoms with van der Waals surface area (Å²) < 4.78 is 5.10. The summed E-state index contributed by atoms with van der Waals surface area (Å²) in [6, 6.07) is 5.15. The topological polar surface area (TPSA) is 58.6 Å². The van der Waals surface area contributed by atoms with Crippen LogP contribution in [0.15, 0.2) is 18.2 Å². The fourth-order valence-electron chi connectivity index (χ4n) is 1.26. The number of hydrogen-bond acceptors (Lipinski definition) is 3. The van der Waals surface area contributed by atoms with E-state index in [1.54, 1.807) is 18.2 Å². The molecule has 0 saturated carbocycles. The highest BCUT2D eigenvalue weighted by Crippen LogP contribution is 2.23. The van der Waals surface area contributed by atoms with Crippen LogP contribution in [0.25, 0.3) is 0 Å². The lowest BCUT2D eigenvalue weighted by Crippen LogP contribution is -2.11. The van der Waals surface area contributed by atoms with Gasteiger partial charge in [-0.3, -0.25) is 4.79 Å². The summed E-state index contributed by atoms with van der Waals surface area (Å²) in [5.41, 5.74) is 1.36. The number of rotatable bonds is 5. The highest BCUT2D eigenvalue weighted by Gasteiger charge is 2.05. The SMILES string of the molecule is COc1cc(NC(=O)CCBr)ccc1CO. The zero-order chi connectivity index (χ0) is 12.0. The predicted octanol–water partition coefficient (Wildman–Crippen LogP) is 1.91. The molecule has 5 heteroatoms. The minimum Gasteiger partial charge on any atom is -0.496 e. The largest absolute Gasteiger partial charge is 0.496 e. The number of halogens is 1. The number of carbonyl (C=O) groups is 1. The highest BCUT2D eigenvalue weighted by atomic mass is 79.9. The standard InChI is InChI=1S/C11H14BrNO3/c1-16-10-6-9(3-2-8(10)7-14)13-11(15)4-5-12/h2-3,6,14H,4-5,7H2,1H3,(H,13,15). The summed E-state index contributed by atoms with van der Waals surface area (Å²) >= 11 is 3.20. The van der Waals surface area contributed by atoms with Gasteiger partial charge in [0.1, 0.15) is 5.75 Å². The number of benzene rings is 1. The molecule has 0 saturated heterocycles. The van der Waals surface area contributed by atoms with E-state index in [1.807, 2.05) is 0 Å². The van der Waals surface area contributed by atoms with Crippen molar-refractivity contribution in [1.29, 1.82) is 0 Å². The molecule has 0 atom stereocenters. The van der Waals surface area contributed by atoms with E-state index in [-0.39, 0.29) is 12.5 Å². The first kappa shape index (κ1) is 13.0. The Hall–Kier alpha value is -1.07. The number of alkyl halides is 1. The smallest absolute Gasteiger partial charge is 0.225 e. The Bertz CT molecular complexity index is 368. The molecule has 0 aliphatic heterocycles. The van der Waals surface area contributed by atoms with Gasteiger partial charge in [0.15, 0.2) is 0 Å². The lowest BCUT2D eigenvalue weighted by molar-refractivity contribution is -0.115. The average Bonchev–Trinajstić information content (AvgIpc) is 2.29. The van der Waals surface area contributed by atoms with Crippen molar-refractivity contribution in [2.24, 2.45) is 0 Å². The Balaban J connectivity index is 2.78. The third-order valence-electron chi connectivity index (χ3n) is 2.06. The van der Waals surface area contributed by atoms with E-state index in [4.69, 9.17) is 9.84 Å². The van der Waals surface area contributed by atoms with Gasteiger partial charge in [-0.05, 0) is 6.07 Å². The van der Waals surface area contributed by atoms with E-state index in [0.717, 1.165) is 0 Å². The maximum Gasteiger partial charge on any atom is 0.225 e. The van der Waals surface area contributed by atoms with E-state index < -0.39 is 0 Å². The normalized spacial score (nSPS) is 9.94. The van der Waals surface area contributed by atoms with Gasteiger partial charge in [-0.1, -0.05) is 22.0 Å². The van der Waals surface area contributed by atoms with Crippen LogP contribution in [0.5, 0.6) is 5.75 Å². The molecule has 2 N–H and O–H groups in total. The van der Waals surface area contributed by atoms with Crippen LogP contribution in [0.4, 0.5) is 5.69 Å². The average molecular weight is 288 g/mol. The summed E-state index contributed by atoms with van der Waals surface area (Å²) in [6.45, 7) is -0.0845. The summed E-state index contributed by atoms with van der Waals surface area (Å²) in [7, 11) is 1.53. The van der Waals surface area contributed by atoms with Crippen molar-refractivity contribution in [3.05, 3.63) is 23.8 Å². The van der Waals surface area contributed by atoms with Crippen LogP contribution in [0.1, 0.15) is 12.0 Å². The maximum absolute atomic E-state index is 11.3. The monoisotopic (exact) mass is 287 g/mol. The molecule has 0 aliphatic carbocycles. The van der Waals surface area contributed by atoms with Gasteiger partial charge >= 0.3 is 0 Å². The Kier molecular flexibility index (Phi) is 5.28. The van der Waals surface area contributed by atoms with E-state index in [1.165, 1.54) is 7.11 Å². The van der Waals surface area contributed by atoms with Crippen molar-refractivity contribution in [3.63, 3.8) is 0 Å². The molecule has 0 bridgehead atoms. The molecule has 16 heavy (non-hydrogen) atoms. The fourth-order valence-corrected chi connectivity index (χ4v) is 1.62. The Morgan fingerprint density at radius 2 is 2.31 bits per heavy atom. The number of aliphatic hydroxyl groups excluding tert-OH is 1. The summed E-state index contributed by atoms with van der Waals surface area (Å²) in [5.74, 6) is 0.509. The van der Waals surface area contributed by atoms with Gasteiger partial charge in [-0.25, -0.2) is 0 Å². The quantitative estimate of drug-likeness (QED) is 0.814. The molecule has 0 fully saturated rings. The zero-order valence-corrected chi connectivity index (χ0v) is 10.6. The summed E-state index contributed by atoms with van der Waals surface area (Å²) in [6.07, 6.45) is 0.421. The number of amides is 1. The van der Waals surface area contributed by atoms with Gasteiger partial charge in [0, 0.05) is 29.1 Å². The second kappa shape index (κ2) is 6.50. The number of hydrogen-bond donors (Lipinski definition) is 2. The highest BCUT2D eigenvalue weighted by molar-refractivity contribution is 9.09. The summed E-state index contributed by atoms with van der Waals surface area (Å²) in [4.78, 5) is 11.3. The van der Waals surface area contributed by atoms with Crippen LogP contribution in [-0.4, -0.2) is 23.5 Å². The molecule has 1 amide bonds. The maximum atomic E-state index is 11.3. The molecule has 0 heterocycles. The first-order valence-corrected chi connectivity index (χ1v) is 5.97. The first-order chi connectivity index (χ1) is 7.71. The molecule has 1 aromatic carbocycles. The number of aliphatic hydroxyl groups is 1. The second-order valence-corrected chi connectivity index (χ2v) is 3.96. The molecule has 0 spiro atoms. The number of methoxy groups -OCH3 is 1. The van der Waals surface area contributed by atoms with Crippen LogP contribution >= 0.6 is 15.9 Å². The van der Waals surface area contributed by atoms with Crippen LogP contribution in [0.3, 0.4) is 0 Å². The number of carbonyl (C=O) groups excluding carboxylic acids is 1. The van der Waals surface area contributed by atoms with Crippen molar-refractivity contribution in [2.75, 3.05) is 17.8 Å². The van der Waals surface area contributed by atoms with Gasteiger partial charge < -0.3 is 15.2 Å². The Morgan fingerprint density at radius 1 is 1.56 bits per heavy atom. The second-order valence-electron chi connectivity index (χ2n) is 3.17. The Labute approximate surface area is 103 Å². The lowest BCUT2D eigenvalue weighted by Gasteiger charge is -2.09. The van der Waals surface area contributed by atoms with Gasteiger partial charge in [0.25, 0.3) is 0 Å². The molecule has 0 radical (unpaired) electrons. The third-order valence-corrected chi connectivity index (χ3v) is 2.46. The minimum atomic E-state index is -0.0845. The molecule has 1 rings (SSSR count). The molecule has 4 nitrogen and oxygen atoms in total. The molecule has 0 aromatic heterocycles. The van der Waals surface area contributed by atoms with Crippen LogP contribution in [-0.2, 0) is 11.4 Å². The molecule has 88 valence electrons. The van der Waals surface area contributed by atoms with Gasteiger partial charge in [0.2, 0.25) is 5.91 Å². The number of anilines is 1. The zero-order valence-electron chi connectivity index (χ0n) is 9.00. The molecular weight excluding hydrogens is 274 g/mol. The van der Waals surface area contributed by atoms with Gasteiger partial charge in [0.05, 0.1) is 13.7 Å². The van der Waals surface area contributed by atoms with Crippen molar-refractivity contribution in [3.8, 4) is 5.75 Å². The van der Waals surface area contributed by atoms with E-state index in [9.17, 15) is 4.79 Å². The molecule has 0 aliphatic rings. The van der Waals surface area contributed by atoms with Gasteiger partial charge in [-0.15, -0.1) is 0 Å². The number of ether oxygens (including phenoxy) is 1. The minimum absolute atomic E-state index is 0.0596. The van der Waals surface area contributed by atoms with Crippen LogP contribution in [0, 0.1) is 0 Å². The predicted molar refractivity (Wildman–Crippen MR) is 66.0 cm³/mol. The molecule has 1 aromatic rings. The van der Waals surface area contributed by atoms with Crippen LogP contribution in [0.2, 0.25) is 0 Å². The van der Waals surface area contributed by atoms with Crippen molar-refractivity contribution >= 4 is 27.5 Å². The van der Waals surface area contributed by atoms with E-state index in [2.05, 4.69) is 21.2 Å².